The van der Waals surface area contributed by atoms with Gasteiger partial charge in [-0.15, -0.1) is 0 Å². The van der Waals surface area contributed by atoms with E-state index in [9.17, 15) is 4.79 Å². The number of nitrogens with zero attached hydrogens (tertiary/aromatic N) is 1. The van der Waals surface area contributed by atoms with E-state index >= 15 is 0 Å². The first-order valence-corrected chi connectivity index (χ1v) is 8.97. The Labute approximate surface area is 158 Å². The van der Waals surface area contributed by atoms with E-state index < -0.39 is 0 Å². The predicted molar refractivity (Wildman–Crippen MR) is 103 cm³/mol. The van der Waals surface area contributed by atoms with E-state index in [0.29, 0.717) is 23.1 Å². The topological polar surface area (TPSA) is 73.6 Å². The molecule has 3 aromatic rings. The summed E-state index contributed by atoms with van der Waals surface area (Å²) >= 11 is 0. The molecule has 1 heterocycles. The first-order valence-electron chi connectivity index (χ1n) is 8.97. The van der Waals surface area contributed by atoms with E-state index in [1.807, 2.05) is 24.3 Å². The molecule has 1 aromatic heterocycles. The predicted octanol–water partition coefficient (Wildman–Crippen LogP) is 4.12. The SMILES string of the molecule is COc1ccc(OCC(=O)N[C@H](CC(C)C)c2nc3ccccc3o2)cc1. The van der Waals surface area contributed by atoms with E-state index in [0.717, 1.165) is 17.7 Å². The highest BCUT2D eigenvalue weighted by molar-refractivity contribution is 5.78. The number of carbonyl (C=O) groups excluding carboxylic acids is 1. The minimum atomic E-state index is -0.302. The molecular formula is C21H24N2O4. The molecule has 0 saturated carbocycles. The van der Waals surface area contributed by atoms with Crippen molar-refractivity contribution in [3.63, 3.8) is 0 Å². The fourth-order valence-electron chi connectivity index (χ4n) is 2.79. The molecule has 6 nitrogen and oxygen atoms in total. The number of rotatable bonds is 8. The monoisotopic (exact) mass is 368 g/mol. The third kappa shape index (κ3) is 5.00. The number of oxazole rings is 1. The summed E-state index contributed by atoms with van der Waals surface area (Å²) < 4.78 is 16.5. The second kappa shape index (κ2) is 8.58. The zero-order valence-electron chi connectivity index (χ0n) is 15.8. The Morgan fingerprint density at radius 2 is 1.81 bits per heavy atom. The van der Waals surface area contributed by atoms with Crippen LogP contribution in [-0.4, -0.2) is 24.6 Å². The number of aromatic nitrogens is 1. The Hall–Kier alpha value is -3.02. The Bertz CT molecular complexity index is 854. The highest BCUT2D eigenvalue weighted by Gasteiger charge is 2.22. The lowest BCUT2D eigenvalue weighted by Gasteiger charge is -2.17. The minimum absolute atomic E-state index is 0.0822. The maximum Gasteiger partial charge on any atom is 0.258 e. The van der Waals surface area contributed by atoms with Crippen molar-refractivity contribution in [2.75, 3.05) is 13.7 Å². The number of carbonyl (C=O) groups is 1. The molecule has 0 saturated heterocycles. The van der Waals surface area contributed by atoms with Gasteiger partial charge in [-0.1, -0.05) is 26.0 Å². The highest BCUT2D eigenvalue weighted by atomic mass is 16.5. The molecule has 0 aliphatic rings. The van der Waals surface area contributed by atoms with Crippen molar-refractivity contribution in [3.8, 4) is 11.5 Å². The maximum absolute atomic E-state index is 12.4. The molecule has 0 fully saturated rings. The molecule has 0 aliphatic carbocycles. The standard InChI is InChI=1S/C21H24N2O4/c1-14(2)12-18(21-23-17-6-4-5-7-19(17)27-21)22-20(24)13-26-16-10-8-15(25-3)9-11-16/h4-11,14,18H,12-13H2,1-3H3,(H,22,24)/t18-/m1/s1. The lowest BCUT2D eigenvalue weighted by atomic mass is 10.0. The molecule has 142 valence electrons. The van der Waals surface area contributed by atoms with E-state index in [4.69, 9.17) is 13.9 Å². The number of methoxy groups -OCH3 is 1. The van der Waals surface area contributed by atoms with Gasteiger partial charge >= 0.3 is 0 Å². The van der Waals surface area contributed by atoms with E-state index in [1.54, 1.807) is 31.4 Å². The molecule has 1 N–H and O–H groups in total. The minimum Gasteiger partial charge on any atom is -0.497 e. The normalized spacial score (nSPS) is 12.1. The summed E-state index contributed by atoms with van der Waals surface area (Å²) in [6.45, 7) is 4.10. The lowest BCUT2D eigenvalue weighted by molar-refractivity contribution is -0.124. The largest absolute Gasteiger partial charge is 0.497 e. The highest BCUT2D eigenvalue weighted by Crippen LogP contribution is 2.25. The summed E-state index contributed by atoms with van der Waals surface area (Å²) in [6, 6.07) is 14.4. The number of hydrogen-bond donors (Lipinski definition) is 1. The summed E-state index contributed by atoms with van der Waals surface area (Å²) in [7, 11) is 1.60. The Balaban J connectivity index is 1.65. The van der Waals surface area contributed by atoms with Crippen LogP contribution in [0.1, 0.15) is 32.2 Å². The van der Waals surface area contributed by atoms with Gasteiger partial charge in [0.15, 0.2) is 12.2 Å². The van der Waals surface area contributed by atoms with Crippen molar-refractivity contribution in [1.29, 1.82) is 0 Å². The Morgan fingerprint density at radius 1 is 1.11 bits per heavy atom. The zero-order valence-corrected chi connectivity index (χ0v) is 15.8. The van der Waals surface area contributed by atoms with Crippen LogP contribution in [0.2, 0.25) is 0 Å². The van der Waals surface area contributed by atoms with Gasteiger partial charge in [0.25, 0.3) is 5.91 Å². The number of fused-ring (bicyclic) bond motifs is 1. The van der Waals surface area contributed by atoms with Crippen LogP contribution in [0, 0.1) is 5.92 Å². The molecule has 27 heavy (non-hydrogen) atoms. The van der Waals surface area contributed by atoms with Gasteiger partial charge in [0, 0.05) is 0 Å². The summed E-state index contributed by atoms with van der Waals surface area (Å²) in [5.74, 6) is 2.00. The number of nitrogens with one attached hydrogen (secondary N) is 1. The Kier molecular flexibility index (Phi) is 5.96. The van der Waals surface area contributed by atoms with Gasteiger partial charge < -0.3 is 19.2 Å². The molecule has 0 aliphatic heterocycles. The summed E-state index contributed by atoms with van der Waals surface area (Å²) in [6.07, 6.45) is 0.723. The quantitative estimate of drug-likeness (QED) is 0.647. The molecule has 1 atom stereocenters. The molecular weight excluding hydrogens is 344 g/mol. The van der Waals surface area contributed by atoms with Crippen LogP contribution in [-0.2, 0) is 4.79 Å². The van der Waals surface area contributed by atoms with Gasteiger partial charge in [0.1, 0.15) is 23.1 Å². The van der Waals surface area contributed by atoms with Crippen LogP contribution in [0.3, 0.4) is 0 Å². The van der Waals surface area contributed by atoms with Crippen LogP contribution in [0.5, 0.6) is 11.5 Å². The fraction of sp³-hybridized carbons (Fsp3) is 0.333. The molecule has 3 rings (SSSR count). The zero-order chi connectivity index (χ0) is 19.2. The van der Waals surface area contributed by atoms with E-state index in [-0.39, 0.29) is 18.6 Å². The number of hydrogen-bond acceptors (Lipinski definition) is 5. The summed E-state index contributed by atoms with van der Waals surface area (Å²) in [4.78, 5) is 16.9. The van der Waals surface area contributed by atoms with E-state index in [2.05, 4.69) is 24.1 Å². The summed E-state index contributed by atoms with van der Waals surface area (Å²) in [5.41, 5.74) is 1.50. The summed E-state index contributed by atoms with van der Waals surface area (Å²) in [5, 5.41) is 2.97. The number of para-hydroxylation sites is 2. The second-order valence-corrected chi connectivity index (χ2v) is 6.73. The fourth-order valence-corrected chi connectivity index (χ4v) is 2.79. The van der Waals surface area contributed by atoms with Crippen molar-refractivity contribution < 1.29 is 18.7 Å². The first-order chi connectivity index (χ1) is 13.0. The first kappa shape index (κ1) is 18.8. The van der Waals surface area contributed by atoms with Gasteiger partial charge in [-0.05, 0) is 48.7 Å². The van der Waals surface area contributed by atoms with Crippen LogP contribution in [0.4, 0.5) is 0 Å². The van der Waals surface area contributed by atoms with Gasteiger partial charge in [0.05, 0.1) is 7.11 Å². The average Bonchev–Trinajstić information content (AvgIpc) is 3.10. The molecule has 0 bridgehead atoms. The second-order valence-electron chi connectivity index (χ2n) is 6.73. The number of benzene rings is 2. The molecule has 6 heteroatoms. The van der Waals surface area contributed by atoms with Gasteiger partial charge in [0.2, 0.25) is 5.89 Å². The van der Waals surface area contributed by atoms with Crippen molar-refractivity contribution in [3.05, 3.63) is 54.4 Å². The van der Waals surface area contributed by atoms with E-state index in [1.165, 1.54) is 0 Å². The molecule has 0 radical (unpaired) electrons. The van der Waals surface area contributed by atoms with Crippen LogP contribution >= 0.6 is 0 Å². The average molecular weight is 368 g/mol. The van der Waals surface area contributed by atoms with Crippen LogP contribution in [0.15, 0.2) is 52.9 Å². The van der Waals surface area contributed by atoms with Gasteiger partial charge in [-0.3, -0.25) is 4.79 Å². The van der Waals surface area contributed by atoms with Crippen molar-refractivity contribution in [2.24, 2.45) is 5.92 Å². The maximum atomic E-state index is 12.4. The number of amides is 1. The Morgan fingerprint density at radius 3 is 2.48 bits per heavy atom. The van der Waals surface area contributed by atoms with Gasteiger partial charge in [-0.25, -0.2) is 4.98 Å². The van der Waals surface area contributed by atoms with Gasteiger partial charge in [-0.2, -0.15) is 0 Å². The number of ether oxygens (including phenoxy) is 2. The molecule has 0 unspecified atom stereocenters. The van der Waals surface area contributed by atoms with Crippen LogP contribution in [0.25, 0.3) is 11.1 Å². The molecule has 1 amide bonds. The van der Waals surface area contributed by atoms with Crippen LogP contribution < -0.4 is 14.8 Å². The van der Waals surface area contributed by atoms with Crippen molar-refractivity contribution >= 4 is 17.0 Å². The smallest absolute Gasteiger partial charge is 0.258 e. The van der Waals surface area contributed by atoms with Crippen molar-refractivity contribution in [1.82, 2.24) is 10.3 Å². The van der Waals surface area contributed by atoms with Crippen molar-refractivity contribution in [2.45, 2.75) is 26.3 Å². The third-order valence-corrected chi connectivity index (χ3v) is 4.08. The lowest BCUT2D eigenvalue weighted by Crippen LogP contribution is -2.33. The third-order valence-electron chi connectivity index (χ3n) is 4.08. The molecule has 2 aromatic carbocycles. The molecule has 0 spiro atoms.